The number of aliphatic carboxylic acids is 1. The zero-order valence-corrected chi connectivity index (χ0v) is 14.9. The molecular weight excluding hydrogens is 334 g/mol. The van der Waals surface area contributed by atoms with Crippen LogP contribution < -0.4 is 14.4 Å². The largest absolute Gasteiger partial charge is 0.493 e. The lowest BCUT2D eigenvalue weighted by Gasteiger charge is -2.12. The van der Waals surface area contributed by atoms with Crippen molar-refractivity contribution in [3.63, 3.8) is 0 Å². The number of ether oxygens (including phenoxy) is 2. The summed E-state index contributed by atoms with van der Waals surface area (Å²) in [4.78, 5) is 24.8. The number of carboxylic acid groups (broad SMARTS) is 1. The number of rotatable bonds is 8. The molecule has 0 atom stereocenters. The summed E-state index contributed by atoms with van der Waals surface area (Å²) in [6.45, 7) is -0.451. The fraction of sp³-hybridized carbons (Fsp3) is 0.200. The number of ketones is 1. The number of carbonyl (C=O) groups excluding carboxylic acids is 1. The van der Waals surface area contributed by atoms with E-state index in [0.717, 1.165) is 11.3 Å². The fourth-order valence-corrected chi connectivity index (χ4v) is 2.24. The Bertz CT molecular complexity index is 809. The maximum absolute atomic E-state index is 12.3. The van der Waals surface area contributed by atoms with Crippen LogP contribution in [0.2, 0.25) is 0 Å². The van der Waals surface area contributed by atoms with Crippen LogP contribution in [0.15, 0.2) is 48.5 Å². The molecule has 0 bridgehead atoms. The molecule has 6 heteroatoms. The van der Waals surface area contributed by atoms with Gasteiger partial charge in [0, 0.05) is 25.3 Å². The lowest BCUT2D eigenvalue weighted by molar-refractivity contribution is -0.139. The lowest BCUT2D eigenvalue weighted by atomic mass is 10.1. The van der Waals surface area contributed by atoms with Crippen molar-refractivity contribution in [3.05, 3.63) is 59.7 Å². The highest BCUT2D eigenvalue weighted by molar-refractivity contribution is 6.07. The monoisotopic (exact) mass is 355 g/mol. The SMILES string of the molecule is COc1cc(/C=C/C(=O)c2ccc(N(C)C)cc2)ccc1OCC(=O)O. The normalized spacial score (nSPS) is 10.6. The molecule has 0 unspecified atom stereocenters. The van der Waals surface area contributed by atoms with E-state index in [2.05, 4.69) is 0 Å². The summed E-state index contributed by atoms with van der Waals surface area (Å²) in [6.07, 6.45) is 3.16. The molecule has 2 aromatic carbocycles. The molecule has 1 N–H and O–H groups in total. The Morgan fingerprint density at radius 3 is 2.35 bits per heavy atom. The predicted octanol–water partition coefficient (Wildman–Crippen LogP) is 3.12. The highest BCUT2D eigenvalue weighted by atomic mass is 16.5. The van der Waals surface area contributed by atoms with E-state index in [1.54, 1.807) is 36.4 Å². The molecule has 0 heterocycles. The van der Waals surface area contributed by atoms with Crippen molar-refractivity contribution < 1.29 is 24.2 Å². The van der Waals surface area contributed by atoms with Crippen molar-refractivity contribution in [3.8, 4) is 11.5 Å². The maximum Gasteiger partial charge on any atom is 0.341 e. The van der Waals surface area contributed by atoms with Gasteiger partial charge in [-0.3, -0.25) is 4.79 Å². The van der Waals surface area contributed by atoms with E-state index in [1.165, 1.54) is 13.2 Å². The van der Waals surface area contributed by atoms with Crippen LogP contribution in [0.3, 0.4) is 0 Å². The van der Waals surface area contributed by atoms with E-state index < -0.39 is 12.6 Å². The van der Waals surface area contributed by atoms with Crippen molar-refractivity contribution >= 4 is 23.5 Å². The van der Waals surface area contributed by atoms with Gasteiger partial charge < -0.3 is 19.5 Å². The average Bonchev–Trinajstić information content (AvgIpc) is 2.64. The first-order valence-electron chi connectivity index (χ1n) is 7.93. The van der Waals surface area contributed by atoms with Crippen molar-refractivity contribution in [2.24, 2.45) is 0 Å². The third-order valence-corrected chi connectivity index (χ3v) is 3.63. The molecule has 0 saturated carbocycles. The van der Waals surface area contributed by atoms with E-state index in [-0.39, 0.29) is 5.78 Å². The number of benzene rings is 2. The number of nitrogens with zero attached hydrogens (tertiary/aromatic N) is 1. The number of hydrogen-bond donors (Lipinski definition) is 1. The van der Waals surface area contributed by atoms with Crippen molar-refractivity contribution in [2.75, 3.05) is 32.7 Å². The summed E-state index contributed by atoms with van der Waals surface area (Å²) in [7, 11) is 5.34. The summed E-state index contributed by atoms with van der Waals surface area (Å²) in [5.41, 5.74) is 2.36. The highest BCUT2D eigenvalue weighted by Crippen LogP contribution is 2.28. The van der Waals surface area contributed by atoms with Gasteiger partial charge in [0.1, 0.15) is 0 Å². The first-order valence-corrected chi connectivity index (χ1v) is 7.93. The van der Waals surface area contributed by atoms with Gasteiger partial charge in [0.25, 0.3) is 0 Å². The Kier molecular flexibility index (Phi) is 6.38. The molecule has 0 radical (unpaired) electrons. The molecule has 0 spiro atoms. The highest BCUT2D eigenvalue weighted by Gasteiger charge is 2.08. The number of methoxy groups -OCH3 is 1. The first-order chi connectivity index (χ1) is 12.4. The molecule has 2 rings (SSSR count). The van der Waals surface area contributed by atoms with Gasteiger partial charge >= 0.3 is 5.97 Å². The standard InChI is InChI=1S/C20H21NO5/c1-21(2)16-8-6-15(7-9-16)17(22)10-4-14-5-11-18(19(12-14)25-3)26-13-20(23)24/h4-12H,13H2,1-3H3,(H,23,24)/b10-4+. The molecule has 26 heavy (non-hydrogen) atoms. The fourth-order valence-electron chi connectivity index (χ4n) is 2.24. The van der Waals surface area contributed by atoms with Crippen molar-refractivity contribution in [1.82, 2.24) is 0 Å². The molecule has 0 amide bonds. The number of carbonyl (C=O) groups is 2. The van der Waals surface area contributed by atoms with Gasteiger partial charge in [0.15, 0.2) is 23.9 Å². The molecule has 136 valence electrons. The summed E-state index contributed by atoms with van der Waals surface area (Å²) in [5.74, 6) is -0.448. The number of carboxylic acids is 1. The van der Waals surface area contributed by atoms with Crippen molar-refractivity contribution in [2.45, 2.75) is 0 Å². The van der Waals surface area contributed by atoms with Crippen LogP contribution in [0.4, 0.5) is 5.69 Å². The minimum atomic E-state index is -1.07. The molecule has 0 aliphatic carbocycles. The molecule has 0 aliphatic heterocycles. The minimum absolute atomic E-state index is 0.111. The molecule has 0 aliphatic rings. The molecule has 0 aromatic heterocycles. The second-order valence-electron chi connectivity index (χ2n) is 5.73. The summed E-state index contributed by atoms with van der Waals surface area (Å²) in [6, 6.07) is 12.3. The Morgan fingerprint density at radius 1 is 1.08 bits per heavy atom. The minimum Gasteiger partial charge on any atom is -0.493 e. The average molecular weight is 355 g/mol. The van der Waals surface area contributed by atoms with Crippen LogP contribution in [-0.4, -0.2) is 44.7 Å². The van der Waals surface area contributed by atoms with Gasteiger partial charge in [0.2, 0.25) is 0 Å². The van der Waals surface area contributed by atoms with Gasteiger partial charge in [-0.15, -0.1) is 0 Å². The smallest absolute Gasteiger partial charge is 0.341 e. The lowest BCUT2D eigenvalue weighted by Crippen LogP contribution is -2.10. The number of anilines is 1. The molecule has 0 saturated heterocycles. The second-order valence-corrected chi connectivity index (χ2v) is 5.73. The van der Waals surface area contributed by atoms with Crippen LogP contribution in [0.5, 0.6) is 11.5 Å². The molecule has 6 nitrogen and oxygen atoms in total. The van der Waals surface area contributed by atoms with Gasteiger partial charge in [-0.2, -0.15) is 0 Å². The van der Waals surface area contributed by atoms with Crippen LogP contribution in [0.25, 0.3) is 6.08 Å². The van der Waals surface area contributed by atoms with Crippen LogP contribution in [-0.2, 0) is 4.79 Å². The summed E-state index contributed by atoms with van der Waals surface area (Å²) in [5, 5.41) is 8.68. The third kappa shape index (κ3) is 5.11. The molecule has 2 aromatic rings. The summed E-state index contributed by atoms with van der Waals surface area (Å²) >= 11 is 0. The van der Waals surface area contributed by atoms with Crippen LogP contribution >= 0.6 is 0 Å². The van der Waals surface area contributed by atoms with Gasteiger partial charge in [0.05, 0.1) is 7.11 Å². The Balaban J connectivity index is 2.11. The van der Waals surface area contributed by atoms with Crippen LogP contribution in [0, 0.1) is 0 Å². The number of allylic oxidation sites excluding steroid dienone is 1. The third-order valence-electron chi connectivity index (χ3n) is 3.63. The van der Waals surface area contributed by atoms with Crippen molar-refractivity contribution in [1.29, 1.82) is 0 Å². The number of hydrogen-bond acceptors (Lipinski definition) is 5. The maximum atomic E-state index is 12.3. The van der Waals surface area contributed by atoms with E-state index in [0.29, 0.717) is 17.1 Å². The van der Waals surface area contributed by atoms with E-state index >= 15 is 0 Å². The molecule has 0 fully saturated rings. The van der Waals surface area contributed by atoms with Gasteiger partial charge in [-0.1, -0.05) is 12.1 Å². The topological polar surface area (TPSA) is 76.1 Å². The van der Waals surface area contributed by atoms with Gasteiger partial charge in [-0.25, -0.2) is 4.79 Å². The van der Waals surface area contributed by atoms with E-state index in [1.807, 2.05) is 31.1 Å². The quantitative estimate of drug-likeness (QED) is 0.579. The van der Waals surface area contributed by atoms with Crippen LogP contribution in [0.1, 0.15) is 15.9 Å². The Labute approximate surface area is 152 Å². The first kappa shape index (κ1) is 19.1. The molecular formula is C20H21NO5. The Hall–Kier alpha value is -3.28. The summed E-state index contributed by atoms with van der Waals surface area (Å²) < 4.78 is 10.4. The second kappa shape index (κ2) is 8.71. The van der Waals surface area contributed by atoms with E-state index in [9.17, 15) is 9.59 Å². The van der Waals surface area contributed by atoms with Gasteiger partial charge in [-0.05, 0) is 48.0 Å². The Morgan fingerprint density at radius 2 is 1.77 bits per heavy atom. The van der Waals surface area contributed by atoms with E-state index in [4.69, 9.17) is 14.6 Å². The predicted molar refractivity (Wildman–Crippen MR) is 100 cm³/mol. The zero-order chi connectivity index (χ0) is 19.1. The zero-order valence-electron chi connectivity index (χ0n) is 14.9.